The summed E-state index contributed by atoms with van der Waals surface area (Å²) in [6.07, 6.45) is -3.93. The van der Waals surface area contributed by atoms with Gasteiger partial charge in [0.25, 0.3) is 0 Å². The zero-order valence-electron chi connectivity index (χ0n) is 8.33. The summed E-state index contributed by atoms with van der Waals surface area (Å²) in [6, 6.07) is 3.09. The van der Waals surface area contributed by atoms with Crippen molar-refractivity contribution in [2.24, 2.45) is 0 Å². The second-order valence-electron chi connectivity index (χ2n) is 3.17. The predicted octanol–water partition coefficient (Wildman–Crippen LogP) is 2.11. The first-order valence-electron chi connectivity index (χ1n) is 4.56. The molecule has 1 aromatic rings. The third-order valence-corrected chi connectivity index (χ3v) is 3.24. The molecule has 0 aliphatic heterocycles. The van der Waals surface area contributed by atoms with E-state index in [-0.39, 0.29) is 22.9 Å². The zero-order chi connectivity index (χ0) is 12.2. The van der Waals surface area contributed by atoms with E-state index < -0.39 is 23.4 Å². The van der Waals surface area contributed by atoms with E-state index in [4.69, 9.17) is 5.73 Å². The first-order chi connectivity index (χ1) is 7.40. The average molecular weight is 252 g/mol. The summed E-state index contributed by atoms with van der Waals surface area (Å²) < 4.78 is 47.1. The Morgan fingerprint density at radius 1 is 1.44 bits per heavy atom. The minimum absolute atomic E-state index is 0.0826. The van der Waals surface area contributed by atoms with Crippen LogP contribution in [-0.2, 0) is 10.8 Å². The zero-order valence-corrected chi connectivity index (χ0v) is 9.14. The van der Waals surface area contributed by atoms with Crippen LogP contribution < -0.4 is 5.73 Å². The van der Waals surface area contributed by atoms with Gasteiger partial charge in [-0.1, -0.05) is 0 Å². The lowest BCUT2D eigenvalue weighted by molar-refractivity contribution is -0.134. The number of alkyl halides is 3. The van der Waals surface area contributed by atoms with Crippen molar-refractivity contribution in [3.63, 3.8) is 0 Å². The quantitative estimate of drug-likeness (QED) is 0.892. The number of hydrogen-bond donors (Lipinski definition) is 1. The van der Waals surface area contributed by atoms with Gasteiger partial charge in [-0.15, -0.1) is 0 Å². The van der Waals surface area contributed by atoms with E-state index in [2.05, 4.69) is 4.98 Å². The number of nitrogens with zero attached hydrogens (tertiary/aromatic N) is 1. The Hall–Kier alpha value is -1.11. The minimum Gasteiger partial charge on any atom is -0.396 e. The van der Waals surface area contributed by atoms with Gasteiger partial charge in [0.15, 0.2) is 0 Å². The van der Waals surface area contributed by atoms with E-state index in [9.17, 15) is 17.4 Å². The van der Waals surface area contributed by atoms with Gasteiger partial charge in [0.1, 0.15) is 5.03 Å². The second-order valence-corrected chi connectivity index (χ2v) is 4.65. The fraction of sp³-hybridized carbons (Fsp3) is 0.444. The van der Waals surface area contributed by atoms with E-state index in [1.807, 2.05) is 0 Å². The van der Waals surface area contributed by atoms with Crippen LogP contribution in [0.25, 0.3) is 0 Å². The highest BCUT2D eigenvalue weighted by Crippen LogP contribution is 2.22. The molecular formula is C9H11F3N2OS. The van der Waals surface area contributed by atoms with E-state index in [1.54, 1.807) is 6.07 Å². The van der Waals surface area contributed by atoms with Gasteiger partial charge >= 0.3 is 6.18 Å². The van der Waals surface area contributed by atoms with Gasteiger partial charge < -0.3 is 5.73 Å². The molecule has 0 saturated carbocycles. The summed E-state index contributed by atoms with van der Waals surface area (Å²) in [5, 5.41) is 0.157. The highest BCUT2D eigenvalue weighted by atomic mass is 32.2. The summed E-state index contributed by atoms with van der Waals surface area (Å²) in [6.45, 7) is 0. The summed E-state index contributed by atoms with van der Waals surface area (Å²) in [5.41, 5.74) is 5.74. The number of rotatable bonds is 4. The van der Waals surface area contributed by atoms with Gasteiger partial charge in [0, 0.05) is 18.4 Å². The molecular weight excluding hydrogens is 241 g/mol. The van der Waals surface area contributed by atoms with Gasteiger partial charge in [-0.2, -0.15) is 13.2 Å². The van der Waals surface area contributed by atoms with Crippen LogP contribution in [0.3, 0.4) is 0 Å². The van der Waals surface area contributed by atoms with Gasteiger partial charge in [-0.05, 0) is 18.6 Å². The van der Waals surface area contributed by atoms with Crippen LogP contribution >= 0.6 is 0 Å². The fourth-order valence-electron chi connectivity index (χ4n) is 1.09. The number of nitrogens with two attached hydrogens (primary N) is 1. The highest BCUT2D eigenvalue weighted by Gasteiger charge is 2.26. The van der Waals surface area contributed by atoms with Crippen molar-refractivity contribution in [2.75, 3.05) is 11.5 Å². The third kappa shape index (κ3) is 4.18. The molecule has 0 saturated heterocycles. The molecule has 0 aliphatic carbocycles. The van der Waals surface area contributed by atoms with E-state index in [1.165, 1.54) is 12.3 Å². The predicted molar refractivity (Wildman–Crippen MR) is 55.2 cm³/mol. The Morgan fingerprint density at radius 2 is 2.12 bits per heavy atom. The maximum Gasteiger partial charge on any atom is 0.389 e. The number of hydrogen-bond acceptors (Lipinski definition) is 3. The van der Waals surface area contributed by atoms with Crippen LogP contribution in [-0.4, -0.2) is 21.1 Å². The van der Waals surface area contributed by atoms with Crippen molar-refractivity contribution >= 4 is 16.5 Å². The highest BCUT2D eigenvalue weighted by molar-refractivity contribution is 7.85. The summed E-state index contributed by atoms with van der Waals surface area (Å²) in [7, 11) is -1.57. The van der Waals surface area contributed by atoms with Gasteiger partial charge in [0.2, 0.25) is 0 Å². The Morgan fingerprint density at radius 3 is 2.69 bits per heavy atom. The van der Waals surface area contributed by atoms with Crippen LogP contribution in [0.15, 0.2) is 23.4 Å². The SMILES string of the molecule is Nc1cccnc1S(=O)CCCC(F)(F)F. The molecule has 3 nitrogen and oxygen atoms in total. The topological polar surface area (TPSA) is 56.0 Å². The standard InChI is InChI=1S/C9H11F3N2OS/c10-9(11,12)4-2-6-16(15)8-7(13)3-1-5-14-8/h1,3,5H,2,4,6,13H2. The van der Waals surface area contributed by atoms with Crippen LogP contribution in [0.4, 0.5) is 18.9 Å². The van der Waals surface area contributed by atoms with Gasteiger partial charge in [-0.25, -0.2) is 4.98 Å². The molecule has 1 rings (SSSR count). The van der Waals surface area contributed by atoms with Crippen molar-refractivity contribution in [1.29, 1.82) is 0 Å². The molecule has 7 heteroatoms. The molecule has 0 amide bonds. The van der Waals surface area contributed by atoms with Crippen molar-refractivity contribution in [2.45, 2.75) is 24.0 Å². The molecule has 0 aliphatic rings. The monoisotopic (exact) mass is 252 g/mol. The molecule has 0 aromatic carbocycles. The van der Waals surface area contributed by atoms with Crippen LogP contribution in [0.1, 0.15) is 12.8 Å². The van der Waals surface area contributed by atoms with Crippen molar-refractivity contribution < 1.29 is 17.4 Å². The number of nitrogen functional groups attached to an aromatic ring is 1. The van der Waals surface area contributed by atoms with Crippen molar-refractivity contribution in [1.82, 2.24) is 4.98 Å². The van der Waals surface area contributed by atoms with Crippen LogP contribution in [0, 0.1) is 0 Å². The first-order valence-corrected chi connectivity index (χ1v) is 5.87. The number of aromatic nitrogens is 1. The molecule has 2 N–H and O–H groups in total. The van der Waals surface area contributed by atoms with Gasteiger partial charge in [-0.3, -0.25) is 4.21 Å². The first kappa shape index (κ1) is 13.0. The number of anilines is 1. The van der Waals surface area contributed by atoms with Crippen molar-refractivity contribution in [3.8, 4) is 0 Å². The number of halogens is 3. The summed E-state index contributed by atoms with van der Waals surface area (Å²) in [4.78, 5) is 3.79. The molecule has 1 unspecified atom stereocenters. The third-order valence-electron chi connectivity index (χ3n) is 1.81. The normalized spacial score (nSPS) is 13.7. The Balaban J connectivity index is 2.51. The lowest BCUT2D eigenvalue weighted by Gasteiger charge is -2.06. The van der Waals surface area contributed by atoms with E-state index in [0.29, 0.717) is 0 Å². The van der Waals surface area contributed by atoms with E-state index >= 15 is 0 Å². The molecule has 0 spiro atoms. The molecule has 0 fully saturated rings. The molecule has 0 bridgehead atoms. The molecule has 0 radical (unpaired) electrons. The lowest BCUT2D eigenvalue weighted by Crippen LogP contribution is -2.10. The fourth-order valence-corrected chi connectivity index (χ4v) is 2.20. The van der Waals surface area contributed by atoms with Crippen LogP contribution in [0.2, 0.25) is 0 Å². The molecule has 90 valence electrons. The molecule has 1 heterocycles. The largest absolute Gasteiger partial charge is 0.396 e. The lowest BCUT2D eigenvalue weighted by atomic mass is 10.3. The molecule has 1 aromatic heterocycles. The van der Waals surface area contributed by atoms with Crippen LogP contribution in [0.5, 0.6) is 0 Å². The Bertz CT molecular complexity index is 381. The second kappa shape index (κ2) is 5.29. The molecule has 16 heavy (non-hydrogen) atoms. The van der Waals surface area contributed by atoms with Gasteiger partial charge in [0.05, 0.1) is 16.5 Å². The van der Waals surface area contributed by atoms with E-state index in [0.717, 1.165) is 0 Å². The summed E-state index contributed by atoms with van der Waals surface area (Å²) in [5.74, 6) is -0.0826. The summed E-state index contributed by atoms with van der Waals surface area (Å²) >= 11 is 0. The van der Waals surface area contributed by atoms with Crippen molar-refractivity contribution in [3.05, 3.63) is 18.3 Å². The maximum atomic E-state index is 11.8. The average Bonchev–Trinajstić information content (AvgIpc) is 2.16. The Kier molecular flexibility index (Phi) is 4.28. The molecule has 1 atom stereocenters. The number of pyridine rings is 1. The minimum atomic E-state index is -4.21. The maximum absolute atomic E-state index is 11.8. The smallest absolute Gasteiger partial charge is 0.389 e. The Labute approximate surface area is 93.3 Å².